The van der Waals surface area contributed by atoms with E-state index in [0.717, 1.165) is 0 Å². The molecule has 0 aromatic rings. The predicted molar refractivity (Wildman–Crippen MR) is 62.9 cm³/mol. The van der Waals surface area contributed by atoms with Gasteiger partial charge in [-0.1, -0.05) is 29.9 Å². The molecule has 0 aliphatic carbocycles. The van der Waals surface area contributed by atoms with E-state index in [9.17, 15) is 4.79 Å². The van der Waals surface area contributed by atoms with Crippen LogP contribution in [0.25, 0.3) is 0 Å². The van der Waals surface area contributed by atoms with Crippen LogP contribution in [0.5, 0.6) is 0 Å². The van der Waals surface area contributed by atoms with Crippen LogP contribution in [0.1, 0.15) is 0 Å². The zero-order valence-electron chi connectivity index (χ0n) is 8.53. The Labute approximate surface area is 88.7 Å². The fourth-order valence-corrected chi connectivity index (χ4v) is 0.827. The van der Waals surface area contributed by atoms with Gasteiger partial charge in [-0.25, -0.2) is 9.79 Å². The molecule has 0 bridgehead atoms. The molecule has 0 saturated heterocycles. The van der Waals surface area contributed by atoms with E-state index in [0.29, 0.717) is 10.6 Å². The first-order valence-electron chi connectivity index (χ1n) is 3.86. The molecule has 0 aromatic carbocycles. The van der Waals surface area contributed by atoms with Crippen molar-refractivity contribution in [3.63, 3.8) is 0 Å². The minimum absolute atomic E-state index is 0.189. The molecule has 2 N–H and O–H groups in total. The van der Waals surface area contributed by atoms with Crippen LogP contribution in [-0.4, -0.2) is 32.3 Å². The summed E-state index contributed by atoms with van der Waals surface area (Å²) in [5, 5.41) is 0.312. The summed E-state index contributed by atoms with van der Waals surface area (Å²) in [6.07, 6.45) is 3.31. The molecule has 0 amide bonds. The largest absolute Gasteiger partial charge is 0.464 e. The Kier molecular flexibility index (Phi) is 5.79. The molecule has 0 unspecified atom stereocenters. The molecule has 6 heteroatoms. The van der Waals surface area contributed by atoms with Gasteiger partial charge in [-0.05, 0) is 6.26 Å². The molecule has 0 fully saturated rings. The number of hydrogen-bond donors (Lipinski definition) is 1. The highest BCUT2D eigenvalue weighted by molar-refractivity contribution is 8.13. The van der Waals surface area contributed by atoms with Crippen molar-refractivity contribution in [2.24, 2.45) is 10.7 Å². The molecule has 0 saturated carbocycles. The average Bonchev–Trinajstić information content (AvgIpc) is 2.23. The van der Waals surface area contributed by atoms with Crippen molar-refractivity contribution in [1.29, 1.82) is 0 Å². The Balaban J connectivity index is 5.13. The van der Waals surface area contributed by atoms with Crippen LogP contribution in [0.4, 0.5) is 0 Å². The zero-order valence-corrected chi connectivity index (χ0v) is 9.35. The highest BCUT2D eigenvalue weighted by Gasteiger charge is 2.11. The summed E-state index contributed by atoms with van der Waals surface area (Å²) in [5.41, 5.74) is 6.32. The van der Waals surface area contributed by atoms with Crippen molar-refractivity contribution >= 4 is 30.7 Å². The third-order valence-corrected chi connectivity index (χ3v) is 2.00. The first-order valence-corrected chi connectivity index (χ1v) is 5.09. The number of rotatable bonds is 3. The Bertz CT molecular complexity index is 300. The summed E-state index contributed by atoms with van der Waals surface area (Å²) in [4.78, 5) is 15.2. The van der Waals surface area contributed by atoms with Gasteiger partial charge in [0.2, 0.25) is 0 Å². The highest BCUT2D eigenvalue weighted by Crippen LogP contribution is 2.08. The minimum atomic E-state index is -0.514. The van der Waals surface area contributed by atoms with Crippen molar-refractivity contribution in [2.45, 2.75) is 0 Å². The number of aliphatic imine (C=N–C) groups is 1. The van der Waals surface area contributed by atoms with E-state index in [2.05, 4.69) is 16.3 Å². The fourth-order valence-electron chi connectivity index (χ4n) is 0.644. The summed E-state index contributed by atoms with van der Waals surface area (Å²) in [6.45, 7) is 3.55. The third-order valence-electron chi connectivity index (χ3n) is 1.49. The molecular weight excluding hydrogens is 199 g/mol. The van der Waals surface area contributed by atoms with E-state index in [1.165, 1.54) is 24.9 Å². The quantitative estimate of drug-likeness (QED) is 0.177. The maximum Gasteiger partial charge on any atom is 0.356 e. The second-order valence-corrected chi connectivity index (χ2v) is 3.21. The topological polar surface area (TPSA) is 64.7 Å². The number of ether oxygens (including phenoxy) is 1. The van der Waals surface area contributed by atoms with E-state index >= 15 is 0 Å². The third kappa shape index (κ3) is 3.70. The van der Waals surface area contributed by atoms with Crippen molar-refractivity contribution < 1.29 is 9.53 Å². The van der Waals surface area contributed by atoms with Gasteiger partial charge in [0.05, 0.1) is 7.11 Å². The first kappa shape index (κ1) is 12.8. The van der Waals surface area contributed by atoms with Gasteiger partial charge in [0.1, 0.15) is 13.5 Å². The second-order valence-electron chi connectivity index (χ2n) is 2.38. The van der Waals surface area contributed by atoms with Gasteiger partial charge < -0.3 is 10.5 Å². The highest BCUT2D eigenvalue weighted by atomic mass is 32.2. The lowest BCUT2D eigenvalue weighted by Gasteiger charge is -2.03. The lowest BCUT2D eigenvalue weighted by atomic mass is 9.93. The van der Waals surface area contributed by atoms with Crippen molar-refractivity contribution in [3.8, 4) is 0 Å². The summed E-state index contributed by atoms with van der Waals surface area (Å²) in [5.74, 6) is -0.514. The van der Waals surface area contributed by atoms with E-state index < -0.39 is 5.97 Å². The van der Waals surface area contributed by atoms with Gasteiger partial charge in [0.25, 0.3) is 0 Å². The second kappa shape index (κ2) is 6.31. The normalized spacial score (nSPS) is 13.1. The Morgan fingerprint density at radius 1 is 1.71 bits per heavy atom. The molecule has 0 spiro atoms. The molecule has 76 valence electrons. The maximum absolute atomic E-state index is 11.3. The van der Waals surface area contributed by atoms with E-state index in [-0.39, 0.29) is 5.70 Å². The number of methoxy groups -OCH3 is 1. The minimum Gasteiger partial charge on any atom is -0.464 e. The summed E-state index contributed by atoms with van der Waals surface area (Å²) < 4.78 is 4.56. The lowest BCUT2D eigenvalue weighted by Crippen LogP contribution is -2.12. The van der Waals surface area contributed by atoms with Gasteiger partial charge >= 0.3 is 5.97 Å². The fraction of sp³-hybridized carbons (Fsp3) is 0.250. The molecule has 0 atom stereocenters. The van der Waals surface area contributed by atoms with Crippen LogP contribution in [0.3, 0.4) is 0 Å². The van der Waals surface area contributed by atoms with Gasteiger partial charge in [-0.15, -0.1) is 0 Å². The Morgan fingerprint density at radius 2 is 2.29 bits per heavy atom. The lowest BCUT2D eigenvalue weighted by molar-refractivity contribution is -0.136. The molecule has 0 radical (unpaired) electrons. The summed E-state index contributed by atoms with van der Waals surface area (Å²) >= 11 is 1.26. The van der Waals surface area contributed by atoms with Gasteiger partial charge in [0.15, 0.2) is 5.17 Å². The van der Waals surface area contributed by atoms with Crippen molar-refractivity contribution in [2.75, 3.05) is 13.4 Å². The SMILES string of the molecule is B/C(C=C)=C(/N=C(\N)SC)C(=O)OC. The molecule has 0 aliphatic heterocycles. The van der Waals surface area contributed by atoms with Crippen LogP contribution in [0.15, 0.2) is 28.8 Å². The Morgan fingerprint density at radius 3 is 2.64 bits per heavy atom. The molecule has 0 rings (SSSR count). The van der Waals surface area contributed by atoms with Gasteiger partial charge in [0, 0.05) is 0 Å². The summed E-state index contributed by atoms with van der Waals surface area (Å²) in [7, 11) is 3.01. The molecule has 0 aliphatic rings. The number of carbonyl (C=O) groups excluding carboxylic acids is 1. The van der Waals surface area contributed by atoms with E-state index in [1.807, 2.05) is 0 Å². The number of nitrogens with two attached hydrogens (primary N) is 1. The molecule has 0 aromatic heterocycles. The van der Waals surface area contributed by atoms with Crippen LogP contribution < -0.4 is 5.73 Å². The van der Waals surface area contributed by atoms with Crippen molar-refractivity contribution in [1.82, 2.24) is 0 Å². The molecule has 0 heterocycles. The number of carbonyl (C=O) groups is 1. The van der Waals surface area contributed by atoms with Crippen molar-refractivity contribution in [3.05, 3.63) is 23.8 Å². The van der Waals surface area contributed by atoms with Gasteiger partial charge in [-0.2, -0.15) is 0 Å². The average molecular weight is 212 g/mol. The summed E-state index contributed by atoms with van der Waals surface area (Å²) in [6, 6.07) is 0. The van der Waals surface area contributed by atoms with Crippen LogP contribution in [-0.2, 0) is 9.53 Å². The number of allylic oxidation sites excluding steroid dienone is 2. The van der Waals surface area contributed by atoms with Gasteiger partial charge in [-0.3, -0.25) is 0 Å². The zero-order chi connectivity index (χ0) is 11.1. The number of hydrogen-bond acceptors (Lipinski definition) is 4. The van der Waals surface area contributed by atoms with Crippen LogP contribution >= 0.6 is 11.8 Å². The molecular formula is C8H13BN2O2S. The van der Waals surface area contributed by atoms with Crippen LogP contribution in [0, 0.1) is 0 Å². The van der Waals surface area contributed by atoms with E-state index in [4.69, 9.17) is 5.73 Å². The first-order chi connectivity index (χ1) is 6.56. The molecule has 4 nitrogen and oxygen atoms in total. The monoisotopic (exact) mass is 212 g/mol. The number of amidine groups is 1. The number of esters is 1. The Hall–Kier alpha value is -1.17. The van der Waals surface area contributed by atoms with E-state index in [1.54, 1.807) is 14.1 Å². The van der Waals surface area contributed by atoms with Crippen LogP contribution in [0.2, 0.25) is 0 Å². The standard InChI is InChI=1S/C8H13BN2O2S/c1-4-5(9)6(7(12)13-2)11-8(10)14-3/h4H,1,9H2,2-3H3,(H2,10,11)/b6-5+. The smallest absolute Gasteiger partial charge is 0.356 e. The number of thioether (sulfide) groups is 1. The number of nitrogens with zero attached hydrogens (tertiary/aromatic N) is 1. The predicted octanol–water partition coefficient (Wildman–Crippen LogP) is -0.132. The molecule has 14 heavy (non-hydrogen) atoms. The maximum atomic E-state index is 11.3.